The van der Waals surface area contributed by atoms with Crippen LogP contribution in [0.2, 0.25) is 0 Å². The van der Waals surface area contributed by atoms with E-state index < -0.39 is 5.60 Å². The molecule has 0 spiro atoms. The summed E-state index contributed by atoms with van der Waals surface area (Å²) in [7, 11) is 0. The quantitative estimate of drug-likeness (QED) is 0.755. The van der Waals surface area contributed by atoms with E-state index in [9.17, 15) is 5.11 Å². The molecule has 2 N–H and O–H groups in total. The van der Waals surface area contributed by atoms with Gasteiger partial charge < -0.3 is 14.8 Å². The van der Waals surface area contributed by atoms with E-state index in [1.807, 2.05) is 54.8 Å². The number of aliphatic hydroxyl groups is 1. The molecule has 2 heterocycles. The number of rotatable bonds is 5. The van der Waals surface area contributed by atoms with Crippen LogP contribution in [0.3, 0.4) is 0 Å². The molecule has 1 aromatic carbocycles. The molecular formula is C16H17NO2S. The van der Waals surface area contributed by atoms with Crippen molar-refractivity contribution in [2.45, 2.75) is 19.1 Å². The summed E-state index contributed by atoms with van der Waals surface area (Å²) >= 11 is 1.57. The van der Waals surface area contributed by atoms with Crippen molar-refractivity contribution in [1.29, 1.82) is 0 Å². The molecule has 2 aromatic heterocycles. The summed E-state index contributed by atoms with van der Waals surface area (Å²) in [5, 5.41) is 16.7. The summed E-state index contributed by atoms with van der Waals surface area (Å²) in [5.74, 6) is 0.883. The molecule has 0 fully saturated rings. The van der Waals surface area contributed by atoms with Crippen LogP contribution in [-0.2, 0) is 12.1 Å². The Kier molecular flexibility index (Phi) is 3.61. The Morgan fingerprint density at radius 1 is 1.25 bits per heavy atom. The number of furan rings is 1. The third-order valence-electron chi connectivity index (χ3n) is 3.30. The minimum absolute atomic E-state index is 0.491. The zero-order valence-electron chi connectivity index (χ0n) is 11.3. The van der Waals surface area contributed by atoms with Gasteiger partial charge in [0.2, 0.25) is 0 Å². The molecule has 104 valence electrons. The van der Waals surface area contributed by atoms with E-state index in [-0.39, 0.29) is 0 Å². The van der Waals surface area contributed by atoms with Crippen LogP contribution in [-0.4, -0.2) is 11.7 Å². The smallest absolute Gasteiger partial charge is 0.134 e. The van der Waals surface area contributed by atoms with E-state index >= 15 is 0 Å². The van der Waals surface area contributed by atoms with Crippen molar-refractivity contribution < 1.29 is 9.52 Å². The molecule has 0 saturated carbocycles. The van der Waals surface area contributed by atoms with Gasteiger partial charge >= 0.3 is 0 Å². The second kappa shape index (κ2) is 5.40. The van der Waals surface area contributed by atoms with Crippen LogP contribution < -0.4 is 5.32 Å². The lowest BCUT2D eigenvalue weighted by molar-refractivity contribution is 0.0600. The van der Waals surface area contributed by atoms with Gasteiger partial charge in [-0.15, -0.1) is 11.3 Å². The molecule has 0 amide bonds. The average molecular weight is 287 g/mol. The van der Waals surface area contributed by atoms with Crippen LogP contribution in [0.5, 0.6) is 0 Å². The Balaban J connectivity index is 1.62. The van der Waals surface area contributed by atoms with E-state index in [4.69, 9.17) is 4.42 Å². The van der Waals surface area contributed by atoms with Gasteiger partial charge in [0.1, 0.15) is 16.9 Å². The van der Waals surface area contributed by atoms with Crippen molar-refractivity contribution in [3.63, 3.8) is 0 Å². The van der Waals surface area contributed by atoms with E-state index in [1.54, 1.807) is 11.3 Å². The summed E-state index contributed by atoms with van der Waals surface area (Å²) in [4.78, 5) is 0.967. The zero-order valence-corrected chi connectivity index (χ0v) is 12.1. The minimum atomic E-state index is -0.847. The fraction of sp³-hybridized carbons (Fsp3) is 0.250. The fourth-order valence-electron chi connectivity index (χ4n) is 2.23. The second-order valence-electron chi connectivity index (χ2n) is 5.11. The highest BCUT2D eigenvalue weighted by Crippen LogP contribution is 2.24. The average Bonchev–Trinajstić information content (AvgIpc) is 3.07. The van der Waals surface area contributed by atoms with Crippen LogP contribution in [0.15, 0.2) is 52.3 Å². The number of para-hydroxylation sites is 1. The number of hydrogen-bond acceptors (Lipinski definition) is 4. The van der Waals surface area contributed by atoms with Gasteiger partial charge in [0.25, 0.3) is 0 Å². The van der Waals surface area contributed by atoms with E-state index in [1.165, 1.54) is 0 Å². The lowest BCUT2D eigenvalue weighted by atomic mass is 10.1. The molecule has 3 aromatic rings. The molecule has 0 aliphatic heterocycles. The second-order valence-corrected chi connectivity index (χ2v) is 6.05. The third kappa shape index (κ3) is 2.77. The Labute approximate surface area is 121 Å². The molecule has 20 heavy (non-hydrogen) atoms. The first-order valence-electron chi connectivity index (χ1n) is 6.60. The SMILES string of the molecule is CC(O)(CNCc1cc2ccccc2o1)c1cccs1. The van der Waals surface area contributed by atoms with Crippen molar-refractivity contribution >= 4 is 22.3 Å². The third-order valence-corrected chi connectivity index (χ3v) is 4.42. The molecule has 0 bridgehead atoms. The van der Waals surface area contributed by atoms with Crippen LogP contribution in [0, 0.1) is 0 Å². The van der Waals surface area contributed by atoms with Crippen LogP contribution in [0.25, 0.3) is 11.0 Å². The number of benzene rings is 1. The molecule has 3 rings (SSSR count). The normalized spacial score (nSPS) is 14.5. The van der Waals surface area contributed by atoms with Crippen LogP contribution in [0.4, 0.5) is 0 Å². The standard InChI is InChI=1S/C16H17NO2S/c1-16(18,15-7-4-8-20-15)11-17-10-13-9-12-5-2-3-6-14(12)19-13/h2-9,17-18H,10-11H2,1H3. The Bertz CT molecular complexity index is 652. The highest BCUT2D eigenvalue weighted by atomic mass is 32.1. The van der Waals surface area contributed by atoms with Gasteiger partial charge in [-0.1, -0.05) is 24.3 Å². The first-order chi connectivity index (χ1) is 9.65. The molecule has 1 atom stereocenters. The Morgan fingerprint density at radius 2 is 2.10 bits per heavy atom. The van der Waals surface area contributed by atoms with Gasteiger partial charge in [0.05, 0.1) is 6.54 Å². The van der Waals surface area contributed by atoms with Gasteiger partial charge in [0, 0.05) is 16.8 Å². The first kappa shape index (κ1) is 13.4. The lowest BCUT2D eigenvalue weighted by Gasteiger charge is -2.22. The van der Waals surface area contributed by atoms with E-state index in [2.05, 4.69) is 5.32 Å². The fourth-order valence-corrected chi connectivity index (χ4v) is 3.01. The van der Waals surface area contributed by atoms with E-state index in [0.717, 1.165) is 21.6 Å². The number of thiophene rings is 1. The number of nitrogens with one attached hydrogen (secondary N) is 1. The minimum Gasteiger partial charge on any atom is -0.460 e. The summed E-state index contributed by atoms with van der Waals surface area (Å²) in [5.41, 5.74) is 0.0505. The maximum absolute atomic E-state index is 10.4. The molecule has 0 saturated heterocycles. The monoisotopic (exact) mass is 287 g/mol. The summed E-state index contributed by atoms with van der Waals surface area (Å²) in [6, 6.07) is 13.9. The van der Waals surface area contributed by atoms with Crippen molar-refractivity contribution in [3.8, 4) is 0 Å². The Morgan fingerprint density at radius 3 is 2.85 bits per heavy atom. The van der Waals surface area contributed by atoms with Crippen molar-refractivity contribution in [2.24, 2.45) is 0 Å². The van der Waals surface area contributed by atoms with Gasteiger partial charge in [0.15, 0.2) is 0 Å². The van der Waals surface area contributed by atoms with Crippen molar-refractivity contribution in [2.75, 3.05) is 6.54 Å². The number of hydrogen-bond donors (Lipinski definition) is 2. The van der Waals surface area contributed by atoms with Crippen molar-refractivity contribution in [3.05, 3.63) is 58.5 Å². The predicted molar refractivity (Wildman–Crippen MR) is 81.8 cm³/mol. The predicted octanol–water partition coefficient (Wildman–Crippen LogP) is 3.49. The van der Waals surface area contributed by atoms with Gasteiger partial charge in [-0.05, 0) is 30.5 Å². The molecular weight excluding hydrogens is 270 g/mol. The number of fused-ring (bicyclic) bond motifs is 1. The van der Waals surface area contributed by atoms with Crippen LogP contribution in [0.1, 0.15) is 17.6 Å². The molecule has 4 heteroatoms. The largest absolute Gasteiger partial charge is 0.460 e. The molecule has 1 unspecified atom stereocenters. The molecule has 0 aliphatic carbocycles. The highest BCUT2D eigenvalue weighted by molar-refractivity contribution is 7.10. The Hall–Kier alpha value is -1.62. The molecule has 3 nitrogen and oxygen atoms in total. The summed E-state index contributed by atoms with van der Waals surface area (Å²) in [6.07, 6.45) is 0. The highest BCUT2D eigenvalue weighted by Gasteiger charge is 2.23. The van der Waals surface area contributed by atoms with Gasteiger partial charge in [-0.25, -0.2) is 0 Å². The van der Waals surface area contributed by atoms with Gasteiger partial charge in [-0.2, -0.15) is 0 Å². The van der Waals surface area contributed by atoms with Crippen LogP contribution >= 0.6 is 11.3 Å². The molecule has 0 aliphatic rings. The topological polar surface area (TPSA) is 45.4 Å². The zero-order chi connectivity index (χ0) is 14.0. The first-order valence-corrected chi connectivity index (χ1v) is 7.48. The summed E-state index contributed by atoms with van der Waals surface area (Å²) in [6.45, 7) is 2.92. The summed E-state index contributed by atoms with van der Waals surface area (Å²) < 4.78 is 5.73. The molecule has 0 radical (unpaired) electrons. The lowest BCUT2D eigenvalue weighted by Crippen LogP contribution is -2.34. The maximum atomic E-state index is 10.4. The van der Waals surface area contributed by atoms with E-state index in [0.29, 0.717) is 13.1 Å². The van der Waals surface area contributed by atoms with Gasteiger partial charge in [-0.3, -0.25) is 0 Å². The maximum Gasteiger partial charge on any atom is 0.134 e. The van der Waals surface area contributed by atoms with Crippen molar-refractivity contribution in [1.82, 2.24) is 5.32 Å².